The van der Waals surface area contributed by atoms with Crippen LogP contribution in [-0.4, -0.2) is 42.4 Å². The molecule has 0 radical (unpaired) electrons. The minimum atomic E-state index is -0.893. The first-order valence-corrected chi connectivity index (χ1v) is 9.78. The average Bonchev–Trinajstić information content (AvgIpc) is 3.30. The maximum absolute atomic E-state index is 12.2. The van der Waals surface area contributed by atoms with Gasteiger partial charge in [0.05, 0.1) is 10.5 Å². The number of amides is 2. The van der Waals surface area contributed by atoms with Crippen LogP contribution in [0.25, 0.3) is 0 Å². The second kappa shape index (κ2) is 9.90. The van der Waals surface area contributed by atoms with E-state index in [1.54, 1.807) is 0 Å². The monoisotopic (exact) mass is 446 g/mol. The Morgan fingerprint density at radius 3 is 2.32 bits per heavy atom. The van der Waals surface area contributed by atoms with Crippen molar-refractivity contribution in [3.05, 3.63) is 68.7 Å². The van der Waals surface area contributed by atoms with E-state index in [2.05, 4.69) is 10.9 Å². The van der Waals surface area contributed by atoms with Crippen LogP contribution in [0.4, 0.5) is 11.4 Å². The summed E-state index contributed by atoms with van der Waals surface area (Å²) in [4.78, 5) is 48.7. The van der Waals surface area contributed by atoms with E-state index >= 15 is 0 Å². The van der Waals surface area contributed by atoms with Crippen LogP contribution >= 0.6 is 11.6 Å². The highest BCUT2D eigenvalue weighted by atomic mass is 35.5. The minimum Gasteiger partial charge on any atom is -0.452 e. The van der Waals surface area contributed by atoms with Crippen molar-refractivity contribution in [3.8, 4) is 0 Å². The summed E-state index contributed by atoms with van der Waals surface area (Å²) in [6.07, 6.45) is 1.90. The Bertz CT molecular complexity index is 1010. The molecule has 0 atom stereocenters. The number of nitro groups is 1. The molecule has 2 aromatic rings. The molecule has 2 N–H and O–H groups in total. The number of rotatable bonds is 6. The molecule has 1 fully saturated rings. The summed E-state index contributed by atoms with van der Waals surface area (Å²) >= 11 is 5.74. The molecule has 1 aliphatic heterocycles. The molecule has 0 aliphatic carbocycles. The molecular formula is C20H19ClN4O6. The topological polar surface area (TPSA) is 131 Å². The molecule has 1 aliphatic rings. The van der Waals surface area contributed by atoms with Gasteiger partial charge in [-0.25, -0.2) is 4.79 Å². The maximum atomic E-state index is 12.2. The van der Waals surface area contributed by atoms with Gasteiger partial charge in [0.1, 0.15) is 5.69 Å². The van der Waals surface area contributed by atoms with E-state index in [0.717, 1.165) is 18.9 Å². The van der Waals surface area contributed by atoms with Crippen molar-refractivity contribution >= 4 is 40.8 Å². The Morgan fingerprint density at radius 1 is 1.03 bits per heavy atom. The average molecular weight is 447 g/mol. The van der Waals surface area contributed by atoms with Gasteiger partial charge in [0, 0.05) is 29.7 Å². The maximum Gasteiger partial charge on any atom is 0.338 e. The zero-order valence-electron chi connectivity index (χ0n) is 16.3. The number of nitrogens with one attached hydrogen (secondary N) is 2. The van der Waals surface area contributed by atoms with Crippen LogP contribution in [0.15, 0.2) is 42.5 Å². The summed E-state index contributed by atoms with van der Waals surface area (Å²) in [6.45, 7) is 0.750. The van der Waals surface area contributed by atoms with E-state index in [0.29, 0.717) is 23.8 Å². The van der Waals surface area contributed by atoms with Gasteiger partial charge in [0.15, 0.2) is 6.61 Å². The molecule has 10 nitrogen and oxygen atoms in total. The number of hydrazine groups is 1. The zero-order chi connectivity index (χ0) is 22.4. The van der Waals surface area contributed by atoms with Gasteiger partial charge in [-0.3, -0.25) is 30.6 Å². The summed E-state index contributed by atoms with van der Waals surface area (Å²) in [7, 11) is 0. The van der Waals surface area contributed by atoms with Gasteiger partial charge in [-0.2, -0.15) is 0 Å². The van der Waals surface area contributed by atoms with Gasteiger partial charge in [-0.05, 0) is 49.2 Å². The fraction of sp³-hybridized carbons (Fsp3) is 0.250. The first-order chi connectivity index (χ1) is 14.8. The number of carbonyl (C=O) groups is 3. The number of hydrogen-bond acceptors (Lipinski definition) is 7. The summed E-state index contributed by atoms with van der Waals surface area (Å²) in [5.74, 6) is -2.25. The number of carbonyl (C=O) groups excluding carboxylic acids is 3. The molecule has 1 saturated heterocycles. The van der Waals surface area contributed by atoms with E-state index < -0.39 is 29.3 Å². The van der Waals surface area contributed by atoms with Gasteiger partial charge in [-0.15, -0.1) is 0 Å². The Labute approximate surface area is 182 Å². The molecule has 11 heteroatoms. The lowest BCUT2D eigenvalue weighted by molar-refractivity contribution is -0.384. The van der Waals surface area contributed by atoms with Gasteiger partial charge < -0.3 is 9.64 Å². The van der Waals surface area contributed by atoms with Crippen molar-refractivity contribution in [2.75, 3.05) is 24.6 Å². The Balaban J connectivity index is 1.54. The third-order valence-electron chi connectivity index (χ3n) is 4.61. The van der Waals surface area contributed by atoms with Crippen LogP contribution in [-0.2, 0) is 9.53 Å². The second-order valence-corrected chi connectivity index (χ2v) is 7.18. The fourth-order valence-electron chi connectivity index (χ4n) is 3.07. The highest BCUT2D eigenvalue weighted by Crippen LogP contribution is 2.31. The predicted octanol–water partition coefficient (Wildman–Crippen LogP) is 2.47. The van der Waals surface area contributed by atoms with Crippen molar-refractivity contribution in [1.82, 2.24) is 10.9 Å². The van der Waals surface area contributed by atoms with Crippen molar-refractivity contribution in [1.29, 1.82) is 0 Å². The normalized spacial score (nSPS) is 12.9. The standard InChI is InChI=1S/C20H19ClN4O6/c21-15-6-3-13(4-7-15)19(27)23-22-18(26)12-31-20(28)14-5-8-16(17(11-14)25(29)30)24-9-1-2-10-24/h3-8,11H,1-2,9-10,12H2,(H,22,26)(H,23,27). The van der Waals surface area contributed by atoms with E-state index in [-0.39, 0.29) is 16.8 Å². The lowest BCUT2D eigenvalue weighted by Gasteiger charge is -2.17. The van der Waals surface area contributed by atoms with Crippen LogP contribution in [0.5, 0.6) is 0 Å². The Hall–Kier alpha value is -3.66. The molecule has 3 rings (SSSR count). The number of halogens is 1. The molecule has 31 heavy (non-hydrogen) atoms. The highest BCUT2D eigenvalue weighted by Gasteiger charge is 2.24. The van der Waals surface area contributed by atoms with Crippen molar-refractivity contribution in [2.24, 2.45) is 0 Å². The van der Waals surface area contributed by atoms with E-state index in [1.165, 1.54) is 36.4 Å². The Morgan fingerprint density at radius 2 is 1.68 bits per heavy atom. The number of benzene rings is 2. The summed E-state index contributed by atoms with van der Waals surface area (Å²) in [6, 6.07) is 10.1. The minimum absolute atomic E-state index is 0.0485. The van der Waals surface area contributed by atoms with Gasteiger partial charge in [-0.1, -0.05) is 11.6 Å². The van der Waals surface area contributed by atoms with Gasteiger partial charge >= 0.3 is 5.97 Å². The molecule has 0 spiro atoms. The molecule has 0 saturated carbocycles. The largest absolute Gasteiger partial charge is 0.452 e. The van der Waals surface area contributed by atoms with Crippen LogP contribution in [0.2, 0.25) is 5.02 Å². The van der Waals surface area contributed by atoms with Crippen molar-refractivity contribution in [2.45, 2.75) is 12.8 Å². The molecule has 0 unspecified atom stereocenters. The summed E-state index contributed by atoms with van der Waals surface area (Å²) in [5, 5.41) is 11.9. The Kier molecular flexibility index (Phi) is 7.03. The van der Waals surface area contributed by atoms with Gasteiger partial charge in [0.25, 0.3) is 17.5 Å². The lowest BCUT2D eigenvalue weighted by Crippen LogP contribution is -2.43. The SMILES string of the molecule is O=C(COC(=O)c1ccc(N2CCCC2)c([N+](=O)[O-])c1)NNC(=O)c1ccc(Cl)cc1. The molecule has 0 bridgehead atoms. The summed E-state index contributed by atoms with van der Waals surface area (Å²) < 4.78 is 4.89. The number of hydrogen-bond donors (Lipinski definition) is 2. The molecule has 1 heterocycles. The number of esters is 1. The molecular weight excluding hydrogens is 428 g/mol. The van der Waals surface area contributed by atoms with E-state index in [9.17, 15) is 24.5 Å². The van der Waals surface area contributed by atoms with Crippen LogP contribution in [0, 0.1) is 10.1 Å². The number of nitrogens with zero attached hydrogens (tertiary/aromatic N) is 2. The third kappa shape index (κ3) is 5.70. The predicted molar refractivity (Wildman–Crippen MR) is 112 cm³/mol. The lowest BCUT2D eigenvalue weighted by atomic mass is 10.1. The molecule has 2 amide bonds. The third-order valence-corrected chi connectivity index (χ3v) is 4.86. The number of anilines is 1. The van der Waals surface area contributed by atoms with E-state index in [1.807, 2.05) is 4.90 Å². The molecule has 0 aromatic heterocycles. The van der Waals surface area contributed by atoms with Crippen LogP contribution in [0.1, 0.15) is 33.6 Å². The van der Waals surface area contributed by atoms with Crippen LogP contribution in [0.3, 0.4) is 0 Å². The van der Waals surface area contributed by atoms with Crippen molar-refractivity contribution < 1.29 is 24.0 Å². The first kappa shape index (κ1) is 22.0. The highest BCUT2D eigenvalue weighted by molar-refractivity contribution is 6.30. The first-order valence-electron chi connectivity index (χ1n) is 9.40. The fourth-order valence-corrected chi connectivity index (χ4v) is 3.20. The molecule has 162 valence electrons. The van der Waals surface area contributed by atoms with E-state index in [4.69, 9.17) is 16.3 Å². The van der Waals surface area contributed by atoms with Crippen LogP contribution < -0.4 is 15.8 Å². The molecule has 2 aromatic carbocycles. The summed E-state index contributed by atoms with van der Waals surface area (Å²) in [5.41, 5.74) is 4.76. The zero-order valence-corrected chi connectivity index (χ0v) is 17.1. The van der Waals surface area contributed by atoms with Crippen molar-refractivity contribution in [3.63, 3.8) is 0 Å². The second-order valence-electron chi connectivity index (χ2n) is 6.74. The van der Waals surface area contributed by atoms with Gasteiger partial charge in [0.2, 0.25) is 0 Å². The smallest absolute Gasteiger partial charge is 0.338 e. The number of ether oxygens (including phenoxy) is 1. The number of nitro benzene ring substituents is 1. The quantitative estimate of drug-likeness (QED) is 0.396.